The lowest BCUT2D eigenvalue weighted by atomic mass is 10.1. The van der Waals surface area contributed by atoms with E-state index in [0.717, 1.165) is 17.8 Å². The molecule has 0 aliphatic carbocycles. The fourth-order valence-corrected chi connectivity index (χ4v) is 2.06. The minimum Gasteiger partial charge on any atom is -0.480 e. The van der Waals surface area contributed by atoms with Gasteiger partial charge in [0, 0.05) is 18.7 Å². The number of rotatable bonds is 2. The molecule has 1 heterocycles. The fraction of sp³-hybridized carbons (Fsp3) is 0.364. The van der Waals surface area contributed by atoms with Crippen molar-refractivity contribution >= 4 is 11.7 Å². The number of nitrogens with zero attached hydrogens (tertiary/aromatic N) is 1. The van der Waals surface area contributed by atoms with Crippen molar-refractivity contribution in [3.63, 3.8) is 0 Å². The summed E-state index contributed by atoms with van der Waals surface area (Å²) in [6, 6.07) is 7.52. The highest BCUT2D eigenvalue weighted by molar-refractivity contribution is 5.82. The largest absolute Gasteiger partial charge is 0.480 e. The number of benzene rings is 1. The smallest absolute Gasteiger partial charge is 0.326 e. The lowest BCUT2D eigenvalue weighted by Gasteiger charge is -2.22. The van der Waals surface area contributed by atoms with Crippen molar-refractivity contribution in [2.45, 2.75) is 19.4 Å². The van der Waals surface area contributed by atoms with E-state index in [1.54, 1.807) is 0 Å². The van der Waals surface area contributed by atoms with Gasteiger partial charge in [0.25, 0.3) is 0 Å². The Balaban J connectivity index is 2.38. The van der Waals surface area contributed by atoms with Gasteiger partial charge in [-0.15, -0.1) is 0 Å². The molecular weight excluding hydrogens is 178 g/mol. The molecule has 0 spiro atoms. The van der Waals surface area contributed by atoms with Gasteiger partial charge in [0.15, 0.2) is 0 Å². The van der Waals surface area contributed by atoms with Crippen LogP contribution in [0.4, 0.5) is 5.69 Å². The molecule has 1 atom stereocenters. The SMILES string of the molecule is CCN1c2ccccc2C[C@@H]1C(=O)O. The summed E-state index contributed by atoms with van der Waals surface area (Å²) in [4.78, 5) is 12.9. The van der Waals surface area contributed by atoms with Crippen molar-refractivity contribution in [3.8, 4) is 0 Å². The highest BCUT2D eigenvalue weighted by Gasteiger charge is 2.32. The molecule has 0 fully saturated rings. The predicted octanol–water partition coefficient (Wildman–Crippen LogP) is 1.52. The van der Waals surface area contributed by atoms with Crippen LogP contribution < -0.4 is 4.90 Å². The molecule has 0 radical (unpaired) electrons. The van der Waals surface area contributed by atoms with Crippen LogP contribution in [0.25, 0.3) is 0 Å². The zero-order valence-corrected chi connectivity index (χ0v) is 8.10. The maximum absolute atomic E-state index is 11.0. The molecule has 74 valence electrons. The number of hydrogen-bond donors (Lipinski definition) is 1. The predicted molar refractivity (Wildman–Crippen MR) is 54.6 cm³/mol. The third kappa shape index (κ3) is 1.25. The lowest BCUT2D eigenvalue weighted by Crippen LogP contribution is -2.38. The summed E-state index contributed by atoms with van der Waals surface area (Å²) in [7, 11) is 0. The standard InChI is InChI=1S/C11H13NO2/c1-2-12-9-6-4-3-5-8(9)7-10(12)11(13)14/h3-6,10H,2,7H2,1H3,(H,13,14)/t10-/m1/s1. The zero-order chi connectivity index (χ0) is 10.1. The molecule has 3 heteroatoms. The molecule has 0 bridgehead atoms. The van der Waals surface area contributed by atoms with Gasteiger partial charge in [0.1, 0.15) is 6.04 Å². The molecule has 0 saturated carbocycles. The zero-order valence-electron chi connectivity index (χ0n) is 8.10. The van der Waals surface area contributed by atoms with Gasteiger partial charge in [-0.05, 0) is 18.6 Å². The number of carbonyl (C=O) groups is 1. The van der Waals surface area contributed by atoms with Crippen LogP contribution in [0.15, 0.2) is 24.3 Å². The normalized spacial score (nSPS) is 19.5. The maximum Gasteiger partial charge on any atom is 0.326 e. The Hall–Kier alpha value is -1.51. The second-order valence-electron chi connectivity index (χ2n) is 3.47. The molecule has 2 rings (SSSR count). The van der Waals surface area contributed by atoms with Crippen molar-refractivity contribution in [2.75, 3.05) is 11.4 Å². The first-order valence-corrected chi connectivity index (χ1v) is 4.81. The summed E-state index contributed by atoms with van der Waals surface area (Å²) >= 11 is 0. The van der Waals surface area contributed by atoms with Crippen molar-refractivity contribution in [1.82, 2.24) is 0 Å². The molecule has 3 nitrogen and oxygen atoms in total. The van der Waals surface area contributed by atoms with Crippen LogP contribution in [-0.4, -0.2) is 23.7 Å². The molecule has 1 aromatic rings. The van der Waals surface area contributed by atoms with Crippen LogP contribution in [0.3, 0.4) is 0 Å². The molecular formula is C11H13NO2. The molecule has 0 unspecified atom stereocenters. The van der Waals surface area contributed by atoms with E-state index in [1.807, 2.05) is 36.1 Å². The average Bonchev–Trinajstić information content (AvgIpc) is 2.56. The average molecular weight is 191 g/mol. The first-order valence-electron chi connectivity index (χ1n) is 4.81. The summed E-state index contributed by atoms with van der Waals surface area (Å²) in [6.45, 7) is 2.73. The van der Waals surface area contributed by atoms with Crippen molar-refractivity contribution in [3.05, 3.63) is 29.8 Å². The maximum atomic E-state index is 11.0. The Morgan fingerprint density at radius 2 is 2.29 bits per heavy atom. The monoisotopic (exact) mass is 191 g/mol. The van der Waals surface area contributed by atoms with Crippen LogP contribution in [-0.2, 0) is 11.2 Å². The van der Waals surface area contributed by atoms with Gasteiger partial charge in [0.2, 0.25) is 0 Å². The van der Waals surface area contributed by atoms with Crippen molar-refractivity contribution in [2.24, 2.45) is 0 Å². The third-order valence-electron chi connectivity index (χ3n) is 2.72. The summed E-state index contributed by atoms with van der Waals surface area (Å²) in [6.07, 6.45) is 0.624. The van der Waals surface area contributed by atoms with Gasteiger partial charge in [-0.2, -0.15) is 0 Å². The quantitative estimate of drug-likeness (QED) is 0.770. The van der Waals surface area contributed by atoms with E-state index in [4.69, 9.17) is 5.11 Å². The summed E-state index contributed by atoms with van der Waals surface area (Å²) < 4.78 is 0. The van der Waals surface area contributed by atoms with Gasteiger partial charge < -0.3 is 10.0 Å². The number of fused-ring (bicyclic) bond motifs is 1. The highest BCUT2D eigenvalue weighted by atomic mass is 16.4. The minimum atomic E-state index is -0.733. The molecule has 1 aliphatic heterocycles. The van der Waals surface area contributed by atoms with E-state index in [1.165, 1.54) is 0 Å². The first kappa shape index (κ1) is 9.06. The number of likely N-dealkylation sites (N-methyl/N-ethyl adjacent to an activating group) is 1. The number of hydrogen-bond acceptors (Lipinski definition) is 2. The summed E-state index contributed by atoms with van der Waals surface area (Å²) in [5.41, 5.74) is 2.21. The van der Waals surface area contributed by atoms with Crippen LogP contribution in [0.5, 0.6) is 0 Å². The molecule has 1 N–H and O–H groups in total. The van der Waals surface area contributed by atoms with E-state index in [0.29, 0.717) is 6.42 Å². The second kappa shape index (κ2) is 3.33. The van der Waals surface area contributed by atoms with E-state index in [9.17, 15) is 4.79 Å². The Morgan fingerprint density at radius 1 is 1.57 bits per heavy atom. The third-order valence-corrected chi connectivity index (χ3v) is 2.72. The van der Waals surface area contributed by atoms with E-state index < -0.39 is 5.97 Å². The van der Waals surface area contributed by atoms with E-state index >= 15 is 0 Å². The van der Waals surface area contributed by atoms with Gasteiger partial charge in [-0.3, -0.25) is 0 Å². The molecule has 1 aliphatic rings. The van der Waals surface area contributed by atoms with Crippen LogP contribution in [0.1, 0.15) is 12.5 Å². The Kier molecular flexibility index (Phi) is 2.15. The molecule has 0 amide bonds. The fourth-order valence-electron chi connectivity index (χ4n) is 2.06. The van der Waals surface area contributed by atoms with Gasteiger partial charge >= 0.3 is 5.97 Å². The van der Waals surface area contributed by atoms with Gasteiger partial charge in [-0.1, -0.05) is 18.2 Å². The summed E-state index contributed by atoms with van der Waals surface area (Å²) in [5.74, 6) is -0.733. The van der Waals surface area contributed by atoms with E-state index in [-0.39, 0.29) is 6.04 Å². The van der Waals surface area contributed by atoms with Crippen LogP contribution >= 0.6 is 0 Å². The van der Waals surface area contributed by atoms with Crippen LogP contribution in [0, 0.1) is 0 Å². The second-order valence-corrected chi connectivity index (χ2v) is 3.47. The molecule has 0 aromatic heterocycles. The molecule has 1 aromatic carbocycles. The number of anilines is 1. The number of carboxylic acid groups (broad SMARTS) is 1. The Bertz CT molecular complexity index is 362. The Morgan fingerprint density at radius 3 is 2.93 bits per heavy atom. The first-order chi connectivity index (χ1) is 6.74. The van der Waals surface area contributed by atoms with Crippen molar-refractivity contribution in [1.29, 1.82) is 0 Å². The van der Waals surface area contributed by atoms with E-state index in [2.05, 4.69) is 0 Å². The number of para-hydroxylation sites is 1. The Labute approximate surface area is 83.0 Å². The van der Waals surface area contributed by atoms with Gasteiger partial charge in [0.05, 0.1) is 0 Å². The van der Waals surface area contributed by atoms with Crippen LogP contribution in [0.2, 0.25) is 0 Å². The summed E-state index contributed by atoms with van der Waals surface area (Å²) in [5, 5.41) is 9.05. The molecule has 14 heavy (non-hydrogen) atoms. The van der Waals surface area contributed by atoms with Gasteiger partial charge in [-0.25, -0.2) is 4.79 Å². The number of carboxylic acids is 1. The topological polar surface area (TPSA) is 40.5 Å². The van der Waals surface area contributed by atoms with Crippen molar-refractivity contribution < 1.29 is 9.90 Å². The number of aliphatic carboxylic acids is 1. The lowest BCUT2D eigenvalue weighted by molar-refractivity contribution is -0.138. The minimum absolute atomic E-state index is 0.377. The highest BCUT2D eigenvalue weighted by Crippen LogP contribution is 2.31. The molecule has 0 saturated heterocycles.